The average molecular weight is 240 g/mol. The summed E-state index contributed by atoms with van der Waals surface area (Å²) in [5.74, 6) is -0.0831. The highest BCUT2D eigenvalue weighted by Gasteiger charge is 2.45. The average Bonchev–Trinajstić information content (AvgIpc) is 3.05. The molecule has 1 aliphatic heterocycles. The van der Waals surface area contributed by atoms with Crippen LogP contribution in [-0.4, -0.2) is 48.1 Å². The van der Waals surface area contributed by atoms with Gasteiger partial charge in [-0.1, -0.05) is 0 Å². The summed E-state index contributed by atoms with van der Waals surface area (Å²) >= 11 is 0. The van der Waals surface area contributed by atoms with Crippen molar-refractivity contribution in [3.05, 3.63) is 0 Å². The summed E-state index contributed by atoms with van der Waals surface area (Å²) in [5.41, 5.74) is 0. The van der Waals surface area contributed by atoms with Gasteiger partial charge >= 0.3 is 0 Å². The molecule has 2 rings (SSSR count). The van der Waals surface area contributed by atoms with Crippen LogP contribution in [0.25, 0.3) is 0 Å². The molecule has 0 aromatic rings. The van der Waals surface area contributed by atoms with Crippen LogP contribution in [0.5, 0.6) is 0 Å². The first-order chi connectivity index (χ1) is 8.13. The van der Waals surface area contributed by atoms with Gasteiger partial charge in [-0.3, -0.25) is 14.5 Å². The molecule has 2 aliphatic rings. The third-order valence-electron chi connectivity index (χ3n) is 3.20. The summed E-state index contributed by atoms with van der Waals surface area (Å²) in [7, 11) is 0. The van der Waals surface area contributed by atoms with Crippen molar-refractivity contribution in [1.82, 2.24) is 10.2 Å². The van der Waals surface area contributed by atoms with Crippen molar-refractivity contribution in [2.45, 2.75) is 51.3 Å². The van der Waals surface area contributed by atoms with E-state index in [-0.39, 0.29) is 30.0 Å². The Kier molecular flexibility index (Phi) is 3.79. The van der Waals surface area contributed by atoms with Gasteiger partial charge in [0.1, 0.15) is 0 Å². The van der Waals surface area contributed by atoms with Crippen molar-refractivity contribution in [3.63, 3.8) is 0 Å². The molecule has 1 heterocycles. The lowest BCUT2D eigenvalue weighted by molar-refractivity contribution is -0.139. The van der Waals surface area contributed by atoms with Crippen molar-refractivity contribution in [2.75, 3.05) is 13.2 Å². The highest BCUT2D eigenvalue weighted by Crippen LogP contribution is 2.31. The number of carbonyl (C=O) groups is 2. The lowest BCUT2D eigenvalue weighted by Crippen LogP contribution is -2.42. The van der Waals surface area contributed by atoms with Crippen molar-refractivity contribution in [2.24, 2.45) is 0 Å². The fourth-order valence-corrected chi connectivity index (χ4v) is 2.18. The molecule has 5 nitrogen and oxygen atoms in total. The molecular weight excluding hydrogens is 220 g/mol. The topological polar surface area (TPSA) is 58.6 Å². The number of rotatable bonds is 6. The molecular formula is C12H20N2O3. The largest absolute Gasteiger partial charge is 0.377 e. The zero-order chi connectivity index (χ0) is 12.4. The molecule has 2 fully saturated rings. The van der Waals surface area contributed by atoms with Crippen LogP contribution in [0.2, 0.25) is 0 Å². The third-order valence-corrected chi connectivity index (χ3v) is 3.20. The van der Waals surface area contributed by atoms with Gasteiger partial charge in [-0.05, 0) is 26.7 Å². The number of imide groups is 1. The Labute approximate surface area is 101 Å². The summed E-state index contributed by atoms with van der Waals surface area (Å²) in [6.07, 6.45) is 2.31. The fourth-order valence-electron chi connectivity index (χ4n) is 2.18. The van der Waals surface area contributed by atoms with Crippen LogP contribution in [0, 0.1) is 0 Å². The Morgan fingerprint density at radius 3 is 2.76 bits per heavy atom. The summed E-state index contributed by atoms with van der Waals surface area (Å²) in [6.45, 7) is 5.16. The number of amides is 2. The normalized spacial score (nSPS) is 26.7. The summed E-state index contributed by atoms with van der Waals surface area (Å²) in [5, 5.41) is 3.12. The molecule has 1 N–H and O–H groups in total. The van der Waals surface area contributed by atoms with Crippen molar-refractivity contribution in [3.8, 4) is 0 Å². The van der Waals surface area contributed by atoms with E-state index in [9.17, 15) is 9.59 Å². The van der Waals surface area contributed by atoms with Crippen LogP contribution in [0.15, 0.2) is 0 Å². The fraction of sp³-hybridized carbons (Fsp3) is 0.833. The first-order valence-corrected chi connectivity index (χ1v) is 6.34. The summed E-state index contributed by atoms with van der Waals surface area (Å²) < 4.78 is 5.38. The van der Waals surface area contributed by atoms with Crippen molar-refractivity contribution >= 4 is 11.8 Å². The second kappa shape index (κ2) is 5.14. The summed E-state index contributed by atoms with van der Waals surface area (Å²) in [4.78, 5) is 25.1. The smallest absolute Gasteiger partial charge is 0.247 e. The van der Waals surface area contributed by atoms with Gasteiger partial charge in [0.25, 0.3) is 0 Å². The van der Waals surface area contributed by atoms with E-state index in [2.05, 4.69) is 5.32 Å². The standard InChI is InChI=1S/C12H20N2O3/c1-3-17-8(2)7-13-10-6-11(15)14(12(10)16)9-4-5-9/h8-10,13H,3-7H2,1-2H3. The Balaban J connectivity index is 1.82. The van der Waals surface area contributed by atoms with Gasteiger partial charge in [-0.15, -0.1) is 0 Å². The predicted molar refractivity (Wildman–Crippen MR) is 62.4 cm³/mol. The zero-order valence-corrected chi connectivity index (χ0v) is 10.4. The molecule has 1 aliphatic carbocycles. The van der Waals surface area contributed by atoms with E-state index >= 15 is 0 Å². The van der Waals surface area contributed by atoms with Gasteiger partial charge in [0.15, 0.2) is 0 Å². The minimum Gasteiger partial charge on any atom is -0.377 e. The van der Waals surface area contributed by atoms with Gasteiger partial charge in [0, 0.05) is 19.2 Å². The molecule has 0 aromatic carbocycles. The maximum absolute atomic E-state index is 12.0. The number of likely N-dealkylation sites (tertiary alicyclic amines) is 1. The first-order valence-electron chi connectivity index (χ1n) is 6.34. The molecule has 17 heavy (non-hydrogen) atoms. The lowest BCUT2D eigenvalue weighted by Gasteiger charge is -2.17. The number of hydrogen-bond donors (Lipinski definition) is 1. The molecule has 1 saturated heterocycles. The van der Waals surface area contributed by atoms with E-state index < -0.39 is 0 Å². The molecule has 5 heteroatoms. The predicted octanol–water partition coefficient (Wildman–Crippen LogP) is 0.291. The Morgan fingerprint density at radius 1 is 1.47 bits per heavy atom. The van der Waals surface area contributed by atoms with Crippen LogP contribution >= 0.6 is 0 Å². The lowest BCUT2D eigenvalue weighted by atomic mass is 10.2. The monoisotopic (exact) mass is 240 g/mol. The maximum Gasteiger partial charge on any atom is 0.247 e. The van der Waals surface area contributed by atoms with Crippen LogP contribution in [0.4, 0.5) is 0 Å². The molecule has 1 saturated carbocycles. The zero-order valence-electron chi connectivity index (χ0n) is 10.4. The van der Waals surface area contributed by atoms with E-state index in [0.717, 1.165) is 12.8 Å². The van der Waals surface area contributed by atoms with Crippen molar-refractivity contribution < 1.29 is 14.3 Å². The number of hydrogen-bond acceptors (Lipinski definition) is 4. The first kappa shape index (κ1) is 12.5. The van der Waals surface area contributed by atoms with E-state index in [1.807, 2.05) is 13.8 Å². The van der Waals surface area contributed by atoms with Gasteiger partial charge in [-0.25, -0.2) is 0 Å². The molecule has 2 amide bonds. The Bertz CT molecular complexity index is 315. The van der Waals surface area contributed by atoms with Crippen LogP contribution in [0.3, 0.4) is 0 Å². The maximum atomic E-state index is 12.0. The SMILES string of the molecule is CCOC(C)CNC1CC(=O)N(C2CC2)C1=O. The number of carbonyl (C=O) groups excluding carboxylic acids is 2. The second-order valence-corrected chi connectivity index (χ2v) is 4.76. The molecule has 2 atom stereocenters. The van der Waals surface area contributed by atoms with Gasteiger partial charge in [0.05, 0.1) is 18.6 Å². The van der Waals surface area contributed by atoms with Crippen LogP contribution < -0.4 is 5.32 Å². The van der Waals surface area contributed by atoms with Gasteiger partial charge in [-0.2, -0.15) is 0 Å². The summed E-state index contributed by atoms with van der Waals surface area (Å²) in [6, 6.07) is -0.155. The van der Waals surface area contributed by atoms with Gasteiger partial charge in [0.2, 0.25) is 11.8 Å². The quantitative estimate of drug-likeness (QED) is 0.678. The van der Waals surface area contributed by atoms with E-state index in [1.165, 1.54) is 4.90 Å². The van der Waals surface area contributed by atoms with Crippen molar-refractivity contribution in [1.29, 1.82) is 0 Å². The highest BCUT2D eigenvalue weighted by molar-refractivity contribution is 6.06. The highest BCUT2D eigenvalue weighted by atomic mass is 16.5. The molecule has 0 bridgehead atoms. The molecule has 96 valence electrons. The molecule has 0 aromatic heterocycles. The van der Waals surface area contributed by atoms with Gasteiger partial charge < -0.3 is 10.1 Å². The Hall–Kier alpha value is -0.940. The molecule has 2 unspecified atom stereocenters. The number of ether oxygens (including phenoxy) is 1. The number of nitrogens with zero attached hydrogens (tertiary/aromatic N) is 1. The Morgan fingerprint density at radius 2 is 2.18 bits per heavy atom. The van der Waals surface area contributed by atoms with E-state index in [0.29, 0.717) is 19.6 Å². The number of nitrogens with one attached hydrogen (secondary N) is 1. The second-order valence-electron chi connectivity index (χ2n) is 4.76. The molecule has 0 spiro atoms. The minimum atomic E-state index is -0.342. The van der Waals surface area contributed by atoms with E-state index in [1.54, 1.807) is 0 Å². The van der Waals surface area contributed by atoms with Crippen LogP contribution in [-0.2, 0) is 14.3 Å². The molecule has 0 radical (unpaired) electrons. The van der Waals surface area contributed by atoms with E-state index in [4.69, 9.17) is 4.74 Å². The minimum absolute atomic E-state index is 0.0286. The van der Waals surface area contributed by atoms with Crippen LogP contribution in [0.1, 0.15) is 33.1 Å². The third kappa shape index (κ3) is 2.84.